The molecule has 0 atom stereocenters. The van der Waals surface area contributed by atoms with Crippen molar-refractivity contribution in [3.63, 3.8) is 0 Å². The summed E-state index contributed by atoms with van der Waals surface area (Å²) >= 11 is 6.07. The molecule has 0 saturated carbocycles. The highest BCUT2D eigenvalue weighted by Gasteiger charge is 2.21. The Morgan fingerprint density at radius 2 is 1.94 bits per heavy atom. The SMILES string of the molecule is CCn1ncc(Cl)c1C(=O)c1c(C)cccc1C. The van der Waals surface area contributed by atoms with Crippen molar-refractivity contribution in [3.8, 4) is 0 Å². The van der Waals surface area contributed by atoms with E-state index in [1.165, 1.54) is 6.20 Å². The smallest absolute Gasteiger partial charge is 0.213 e. The fourth-order valence-electron chi connectivity index (χ4n) is 2.12. The summed E-state index contributed by atoms with van der Waals surface area (Å²) < 4.78 is 1.64. The van der Waals surface area contributed by atoms with Crippen molar-refractivity contribution >= 4 is 17.4 Å². The van der Waals surface area contributed by atoms with E-state index >= 15 is 0 Å². The number of aryl methyl sites for hydroxylation is 3. The molecule has 0 fully saturated rings. The molecule has 1 aromatic carbocycles. The normalized spacial score (nSPS) is 10.7. The van der Waals surface area contributed by atoms with Crippen LogP contribution in [0, 0.1) is 13.8 Å². The van der Waals surface area contributed by atoms with E-state index in [1.807, 2.05) is 39.0 Å². The molecular weight excluding hydrogens is 248 g/mol. The molecule has 0 bridgehead atoms. The lowest BCUT2D eigenvalue weighted by Gasteiger charge is -2.10. The van der Waals surface area contributed by atoms with Crippen molar-refractivity contribution in [2.24, 2.45) is 0 Å². The second-order valence-electron chi connectivity index (χ2n) is 4.25. The van der Waals surface area contributed by atoms with Crippen LogP contribution in [-0.2, 0) is 6.54 Å². The van der Waals surface area contributed by atoms with E-state index < -0.39 is 0 Å². The number of carbonyl (C=O) groups is 1. The van der Waals surface area contributed by atoms with Gasteiger partial charge in [0, 0.05) is 12.1 Å². The first kappa shape index (κ1) is 12.8. The highest BCUT2D eigenvalue weighted by Crippen LogP contribution is 2.23. The Morgan fingerprint density at radius 3 is 2.50 bits per heavy atom. The van der Waals surface area contributed by atoms with Crippen LogP contribution in [0.2, 0.25) is 5.02 Å². The van der Waals surface area contributed by atoms with Gasteiger partial charge in [0.15, 0.2) is 0 Å². The Kier molecular flexibility index (Phi) is 3.53. The Balaban J connectivity index is 2.58. The first-order valence-electron chi connectivity index (χ1n) is 5.88. The summed E-state index contributed by atoms with van der Waals surface area (Å²) in [7, 11) is 0. The van der Waals surface area contributed by atoms with E-state index in [-0.39, 0.29) is 5.78 Å². The molecule has 0 spiro atoms. The molecule has 3 nitrogen and oxygen atoms in total. The zero-order valence-corrected chi connectivity index (χ0v) is 11.5. The summed E-state index contributed by atoms with van der Waals surface area (Å²) in [6.07, 6.45) is 1.52. The number of nitrogens with zero attached hydrogens (tertiary/aromatic N) is 2. The Morgan fingerprint density at radius 1 is 1.33 bits per heavy atom. The maximum Gasteiger partial charge on any atom is 0.213 e. The van der Waals surface area contributed by atoms with Gasteiger partial charge in [0.25, 0.3) is 0 Å². The lowest BCUT2D eigenvalue weighted by molar-refractivity contribution is 0.102. The summed E-state index contributed by atoms with van der Waals surface area (Å²) in [6.45, 7) is 6.42. The van der Waals surface area contributed by atoms with Crippen LogP contribution in [0.15, 0.2) is 24.4 Å². The molecule has 4 heteroatoms. The minimum Gasteiger partial charge on any atom is -0.287 e. The number of halogens is 1. The van der Waals surface area contributed by atoms with Gasteiger partial charge < -0.3 is 0 Å². The standard InChI is InChI=1S/C14H15ClN2O/c1-4-17-13(11(15)8-16-17)14(18)12-9(2)6-5-7-10(12)3/h5-8H,4H2,1-3H3. The van der Waals surface area contributed by atoms with Crippen molar-refractivity contribution in [1.29, 1.82) is 0 Å². The van der Waals surface area contributed by atoms with Crippen molar-refractivity contribution in [2.75, 3.05) is 0 Å². The molecule has 0 unspecified atom stereocenters. The molecule has 0 N–H and O–H groups in total. The van der Waals surface area contributed by atoms with Crippen LogP contribution in [-0.4, -0.2) is 15.6 Å². The maximum absolute atomic E-state index is 12.6. The average Bonchev–Trinajstić information content (AvgIpc) is 2.70. The molecule has 1 heterocycles. The molecule has 0 aliphatic heterocycles. The molecule has 0 radical (unpaired) electrons. The predicted octanol–water partition coefficient (Wildman–Crippen LogP) is 3.40. The number of aromatic nitrogens is 2. The Bertz CT molecular complexity index is 582. The first-order valence-corrected chi connectivity index (χ1v) is 6.26. The fraction of sp³-hybridized carbons (Fsp3) is 0.286. The third-order valence-electron chi connectivity index (χ3n) is 3.02. The highest BCUT2D eigenvalue weighted by molar-refractivity contribution is 6.34. The number of hydrogen-bond donors (Lipinski definition) is 0. The summed E-state index contributed by atoms with van der Waals surface area (Å²) in [5.41, 5.74) is 3.10. The maximum atomic E-state index is 12.6. The van der Waals surface area contributed by atoms with Crippen LogP contribution in [0.4, 0.5) is 0 Å². The lowest BCUT2D eigenvalue weighted by atomic mass is 9.97. The summed E-state index contributed by atoms with van der Waals surface area (Å²) in [4.78, 5) is 12.6. The largest absolute Gasteiger partial charge is 0.287 e. The molecule has 2 rings (SSSR count). The Hall–Kier alpha value is -1.61. The predicted molar refractivity (Wildman–Crippen MR) is 72.3 cm³/mol. The zero-order valence-electron chi connectivity index (χ0n) is 10.7. The number of hydrogen-bond acceptors (Lipinski definition) is 2. The molecule has 18 heavy (non-hydrogen) atoms. The summed E-state index contributed by atoms with van der Waals surface area (Å²) in [6, 6.07) is 5.81. The fourth-order valence-corrected chi connectivity index (χ4v) is 2.35. The van der Waals surface area contributed by atoms with Gasteiger partial charge in [-0.3, -0.25) is 9.48 Å². The topological polar surface area (TPSA) is 34.9 Å². The molecule has 94 valence electrons. The average molecular weight is 263 g/mol. The lowest BCUT2D eigenvalue weighted by Crippen LogP contribution is -2.13. The van der Waals surface area contributed by atoms with Crippen molar-refractivity contribution in [2.45, 2.75) is 27.3 Å². The van der Waals surface area contributed by atoms with E-state index in [0.717, 1.165) is 16.7 Å². The van der Waals surface area contributed by atoms with Gasteiger partial charge >= 0.3 is 0 Å². The van der Waals surface area contributed by atoms with Crippen LogP contribution >= 0.6 is 11.6 Å². The first-order chi connectivity index (χ1) is 8.56. The number of rotatable bonds is 3. The van der Waals surface area contributed by atoms with Gasteiger partial charge in [-0.05, 0) is 31.9 Å². The minimum absolute atomic E-state index is 0.0602. The van der Waals surface area contributed by atoms with E-state index in [1.54, 1.807) is 4.68 Å². The van der Waals surface area contributed by atoms with Gasteiger partial charge in [0.05, 0.1) is 11.2 Å². The van der Waals surface area contributed by atoms with Crippen LogP contribution in [0.3, 0.4) is 0 Å². The third kappa shape index (κ3) is 2.06. The highest BCUT2D eigenvalue weighted by atomic mass is 35.5. The van der Waals surface area contributed by atoms with Gasteiger partial charge in [0.2, 0.25) is 5.78 Å². The molecule has 0 saturated heterocycles. The van der Waals surface area contributed by atoms with Crippen molar-refractivity contribution < 1.29 is 4.79 Å². The van der Waals surface area contributed by atoms with Gasteiger partial charge in [-0.2, -0.15) is 5.10 Å². The van der Waals surface area contributed by atoms with Crippen LogP contribution in [0.1, 0.15) is 34.1 Å². The van der Waals surface area contributed by atoms with Gasteiger partial charge in [-0.25, -0.2) is 0 Å². The Labute approximate surface area is 111 Å². The molecule has 0 amide bonds. The van der Waals surface area contributed by atoms with E-state index in [0.29, 0.717) is 17.3 Å². The number of ketones is 1. The number of benzene rings is 1. The molecule has 2 aromatic rings. The van der Waals surface area contributed by atoms with Crippen molar-refractivity contribution in [1.82, 2.24) is 9.78 Å². The third-order valence-corrected chi connectivity index (χ3v) is 3.29. The van der Waals surface area contributed by atoms with E-state index in [9.17, 15) is 4.79 Å². The van der Waals surface area contributed by atoms with Gasteiger partial charge in [-0.15, -0.1) is 0 Å². The second-order valence-corrected chi connectivity index (χ2v) is 4.66. The van der Waals surface area contributed by atoms with E-state index in [4.69, 9.17) is 11.6 Å². The summed E-state index contributed by atoms with van der Waals surface area (Å²) in [5.74, 6) is -0.0602. The van der Waals surface area contributed by atoms with Crippen LogP contribution in [0.5, 0.6) is 0 Å². The monoisotopic (exact) mass is 262 g/mol. The molecule has 1 aromatic heterocycles. The summed E-state index contributed by atoms with van der Waals surface area (Å²) in [5, 5.41) is 4.51. The van der Waals surface area contributed by atoms with Gasteiger partial charge in [0.1, 0.15) is 5.69 Å². The second kappa shape index (κ2) is 4.94. The zero-order chi connectivity index (χ0) is 13.3. The van der Waals surface area contributed by atoms with Crippen molar-refractivity contribution in [3.05, 3.63) is 51.8 Å². The van der Waals surface area contributed by atoms with E-state index in [2.05, 4.69) is 5.10 Å². The quantitative estimate of drug-likeness (QED) is 0.795. The molecule has 0 aliphatic carbocycles. The van der Waals surface area contributed by atoms with Gasteiger partial charge in [-0.1, -0.05) is 29.8 Å². The molecule has 0 aliphatic rings. The number of carbonyl (C=O) groups excluding carboxylic acids is 1. The van der Waals surface area contributed by atoms with Crippen LogP contribution in [0.25, 0.3) is 0 Å². The van der Waals surface area contributed by atoms with Crippen LogP contribution < -0.4 is 0 Å². The molecular formula is C14H15ClN2O. The minimum atomic E-state index is -0.0602.